The van der Waals surface area contributed by atoms with Crippen molar-refractivity contribution in [2.24, 2.45) is 17.3 Å². The van der Waals surface area contributed by atoms with E-state index >= 15 is 0 Å². The molecule has 1 heterocycles. The van der Waals surface area contributed by atoms with Crippen LogP contribution in [-0.2, 0) is 19.1 Å². The van der Waals surface area contributed by atoms with Crippen LogP contribution in [0.2, 0.25) is 0 Å². The number of hydrogen-bond acceptors (Lipinski definition) is 6. The topological polar surface area (TPSA) is 93.1 Å². The van der Waals surface area contributed by atoms with Crippen LogP contribution in [0.15, 0.2) is 35.5 Å². The first-order chi connectivity index (χ1) is 12.1. The fourth-order valence-electron chi connectivity index (χ4n) is 4.87. The molecule has 142 valence electrons. The molecule has 1 saturated carbocycles. The van der Waals surface area contributed by atoms with Crippen LogP contribution in [0.3, 0.4) is 0 Å². The van der Waals surface area contributed by atoms with Gasteiger partial charge in [-0.3, -0.25) is 0 Å². The molecule has 1 aliphatic heterocycles. The fourth-order valence-corrected chi connectivity index (χ4v) is 4.87. The number of hydrogen-bond donors (Lipinski definition) is 2. The number of rotatable bonds is 2. The molecule has 0 bridgehead atoms. The zero-order chi connectivity index (χ0) is 19.4. The van der Waals surface area contributed by atoms with Crippen molar-refractivity contribution in [3.8, 4) is 0 Å². The van der Waals surface area contributed by atoms with Crippen LogP contribution in [0.25, 0.3) is 0 Å². The second-order valence-corrected chi connectivity index (χ2v) is 7.87. The van der Waals surface area contributed by atoms with Crippen LogP contribution in [-0.4, -0.2) is 46.6 Å². The van der Waals surface area contributed by atoms with Crippen LogP contribution >= 0.6 is 0 Å². The third-order valence-electron chi connectivity index (χ3n) is 6.24. The second-order valence-electron chi connectivity index (χ2n) is 7.87. The van der Waals surface area contributed by atoms with E-state index in [2.05, 4.69) is 6.58 Å². The smallest absolute Gasteiger partial charge is 0.334 e. The highest BCUT2D eigenvalue weighted by atomic mass is 16.6. The average molecular weight is 362 g/mol. The lowest BCUT2D eigenvalue weighted by Crippen LogP contribution is -2.61. The van der Waals surface area contributed by atoms with Crippen LogP contribution in [0.5, 0.6) is 0 Å². The number of esters is 2. The molecule has 2 N–H and O–H groups in total. The van der Waals surface area contributed by atoms with E-state index in [1.807, 2.05) is 13.8 Å². The maximum atomic E-state index is 12.3. The van der Waals surface area contributed by atoms with Gasteiger partial charge in [0.05, 0.1) is 12.0 Å². The summed E-state index contributed by atoms with van der Waals surface area (Å²) in [5.74, 6) is -1.76. The van der Waals surface area contributed by atoms with Gasteiger partial charge < -0.3 is 19.7 Å². The first-order valence-corrected chi connectivity index (χ1v) is 8.90. The van der Waals surface area contributed by atoms with Gasteiger partial charge in [-0.2, -0.15) is 0 Å². The van der Waals surface area contributed by atoms with Crippen molar-refractivity contribution in [1.29, 1.82) is 0 Å². The van der Waals surface area contributed by atoms with E-state index < -0.39 is 47.7 Å². The molecule has 2 fully saturated rings. The molecule has 0 radical (unpaired) electrons. The molecule has 1 saturated heterocycles. The summed E-state index contributed by atoms with van der Waals surface area (Å²) in [5.41, 5.74) is 0.813. The van der Waals surface area contributed by atoms with Gasteiger partial charge in [0.2, 0.25) is 0 Å². The molecular formula is C20H26O6. The number of allylic oxidation sites excluding steroid dienone is 1. The molecular weight excluding hydrogens is 336 g/mol. The van der Waals surface area contributed by atoms with E-state index in [4.69, 9.17) is 9.47 Å². The lowest BCUT2D eigenvalue weighted by atomic mass is 9.54. The van der Waals surface area contributed by atoms with E-state index in [0.717, 1.165) is 5.57 Å². The van der Waals surface area contributed by atoms with Gasteiger partial charge in [-0.25, -0.2) is 9.59 Å². The first-order valence-electron chi connectivity index (χ1n) is 8.90. The van der Waals surface area contributed by atoms with Gasteiger partial charge in [-0.05, 0) is 27.2 Å². The summed E-state index contributed by atoms with van der Waals surface area (Å²) in [4.78, 5) is 24.3. The lowest BCUT2D eigenvalue weighted by molar-refractivity contribution is -0.188. The van der Waals surface area contributed by atoms with Crippen LogP contribution in [0.1, 0.15) is 34.1 Å². The monoisotopic (exact) mass is 362 g/mol. The Morgan fingerprint density at radius 1 is 1.46 bits per heavy atom. The summed E-state index contributed by atoms with van der Waals surface area (Å²) in [7, 11) is 0. The number of aliphatic hydroxyl groups excluding tert-OH is 2. The SMILES string of the molecule is C=C1C(=O)O[C@H]2[C@H]1[C@@H](O)C[C@]1(C)[C@@H]2C(C)=C[C@@H](O)[C@@H]1OC(=O)/C(C)=C/C. The van der Waals surface area contributed by atoms with E-state index in [0.29, 0.717) is 5.57 Å². The maximum absolute atomic E-state index is 12.3. The minimum Gasteiger partial charge on any atom is -0.458 e. The predicted octanol–water partition coefficient (Wildman–Crippen LogP) is 1.67. The molecule has 0 aromatic carbocycles. The standard InChI is InChI=1S/C20H26O6/c1-6-9(2)18(23)26-17-12(21)7-10(3)15-16-14(11(4)19(24)25-16)13(22)8-20(15,17)5/h6-7,12-17,21-22H,4,8H2,1-3,5H3/b9-6+/t12-,13+,14-,15-,16+,17+,20-/m1/s1. The predicted molar refractivity (Wildman–Crippen MR) is 93.8 cm³/mol. The quantitative estimate of drug-likeness (QED) is 0.441. The summed E-state index contributed by atoms with van der Waals surface area (Å²) in [6.07, 6.45) is 0.296. The molecule has 7 atom stereocenters. The van der Waals surface area contributed by atoms with Crippen molar-refractivity contribution in [3.63, 3.8) is 0 Å². The molecule has 0 aromatic heterocycles. The zero-order valence-electron chi connectivity index (χ0n) is 15.6. The van der Waals surface area contributed by atoms with Gasteiger partial charge >= 0.3 is 11.9 Å². The Balaban J connectivity index is 2.02. The largest absolute Gasteiger partial charge is 0.458 e. The lowest BCUT2D eigenvalue weighted by Gasteiger charge is -2.54. The highest BCUT2D eigenvalue weighted by Gasteiger charge is 2.63. The third-order valence-corrected chi connectivity index (χ3v) is 6.24. The van der Waals surface area contributed by atoms with Crippen molar-refractivity contribution < 1.29 is 29.3 Å². The Hall–Kier alpha value is -1.92. The van der Waals surface area contributed by atoms with Gasteiger partial charge in [0, 0.05) is 22.5 Å². The minimum atomic E-state index is -0.992. The maximum Gasteiger partial charge on any atom is 0.334 e. The summed E-state index contributed by atoms with van der Waals surface area (Å²) in [6.45, 7) is 10.9. The minimum absolute atomic E-state index is 0.267. The molecule has 0 spiro atoms. The van der Waals surface area contributed by atoms with Gasteiger partial charge in [0.25, 0.3) is 0 Å². The number of fused-ring (bicyclic) bond motifs is 3. The Morgan fingerprint density at radius 3 is 2.73 bits per heavy atom. The Labute approximate surface area is 153 Å². The Kier molecular flexibility index (Phi) is 4.61. The highest BCUT2D eigenvalue weighted by Crippen LogP contribution is 2.57. The second kappa shape index (κ2) is 6.35. The molecule has 0 unspecified atom stereocenters. The molecule has 3 aliphatic rings. The molecule has 6 nitrogen and oxygen atoms in total. The van der Waals surface area contributed by atoms with Crippen molar-refractivity contribution in [3.05, 3.63) is 35.5 Å². The Bertz CT molecular complexity index is 720. The van der Waals surface area contributed by atoms with E-state index in [9.17, 15) is 19.8 Å². The third kappa shape index (κ3) is 2.63. The zero-order valence-corrected chi connectivity index (χ0v) is 15.6. The highest BCUT2D eigenvalue weighted by molar-refractivity contribution is 5.91. The average Bonchev–Trinajstić information content (AvgIpc) is 2.85. The summed E-state index contributed by atoms with van der Waals surface area (Å²) < 4.78 is 11.2. The molecule has 2 aliphatic carbocycles. The van der Waals surface area contributed by atoms with E-state index in [-0.39, 0.29) is 17.9 Å². The molecule has 0 amide bonds. The van der Waals surface area contributed by atoms with Gasteiger partial charge in [0.1, 0.15) is 18.3 Å². The number of carbonyl (C=O) groups is 2. The van der Waals surface area contributed by atoms with Crippen LogP contribution < -0.4 is 0 Å². The number of carbonyl (C=O) groups excluding carboxylic acids is 2. The van der Waals surface area contributed by atoms with Crippen molar-refractivity contribution in [2.75, 3.05) is 0 Å². The summed E-state index contributed by atoms with van der Waals surface area (Å²) in [6, 6.07) is 0. The van der Waals surface area contributed by atoms with Gasteiger partial charge in [-0.15, -0.1) is 0 Å². The van der Waals surface area contributed by atoms with Crippen molar-refractivity contribution >= 4 is 11.9 Å². The van der Waals surface area contributed by atoms with Crippen molar-refractivity contribution in [2.45, 2.75) is 58.5 Å². The van der Waals surface area contributed by atoms with Crippen molar-refractivity contribution in [1.82, 2.24) is 0 Å². The fraction of sp³-hybridized carbons (Fsp3) is 0.600. The van der Waals surface area contributed by atoms with E-state index in [1.165, 1.54) is 0 Å². The van der Waals surface area contributed by atoms with E-state index in [1.54, 1.807) is 26.0 Å². The van der Waals surface area contributed by atoms with Gasteiger partial charge in [-0.1, -0.05) is 31.2 Å². The van der Waals surface area contributed by atoms with Crippen LogP contribution in [0, 0.1) is 17.3 Å². The molecule has 3 rings (SSSR count). The summed E-state index contributed by atoms with van der Waals surface area (Å²) >= 11 is 0. The molecule has 26 heavy (non-hydrogen) atoms. The van der Waals surface area contributed by atoms with Gasteiger partial charge in [0.15, 0.2) is 0 Å². The molecule has 6 heteroatoms. The normalized spacial score (nSPS) is 42.5. The Morgan fingerprint density at radius 2 is 2.12 bits per heavy atom. The van der Waals surface area contributed by atoms with Crippen LogP contribution in [0.4, 0.5) is 0 Å². The number of aliphatic hydroxyl groups is 2. The first kappa shape index (κ1) is 18.9. The number of ether oxygens (including phenoxy) is 2. The molecule has 0 aromatic rings. The summed E-state index contributed by atoms with van der Waals surface area (Å²) in [5, 5.41) is 21.3.